The van der Waals surface area contributed by atoms with Crippen molar-refractivity contribution in [1.82, 2.24) is 0 Å². The van der Waals surface area contributed by atoms with E-state index in [1.54, 1.807) is 0 Å². The lowest BCUT2D eigenvalue weighted by Gasteiger charge is -2.27. The molecule has 0 aliphatic heterocycles. The van der Waals surface area contributed by atoms with Gasteiger partial charge in [0.25, 0.3) is 0 Å². The molecule has 0 bridgehead atoms. The molecule has 0 aliphatic rings. The largest absolute Gasteiger partial charge is 0.192 e. The highest BCUT2D eigenvalue weighted by atomic mass is 32.1. The Hall–Kier alpha value is -0.940. The molecule has 0 saturated heterocycles. The summed E-state index contributed by atoms with van der Waals surface area (Å²) in [6.45, 7) is 12.8. The molecule has 0 spiro atoms. The smallest absolute Gasteiger partial charge is 0.0997 e. The average Bonchev–Trinajstić information content (AvgIpc) is 2.13. The molecule has 0 saturated carbocycles. The van der Waals surface area contributed by atoms with Crippen LogP contribution in [0.15, 0.2) is 17.0 Å². The van der Waals surface area contributed by atoms with Crippen LogP contribution in [0.2, 0.25) is 0 Å². The minimum absolute atomic E-state index is 0.0379. The van der Waals surface area contributed by atoms with E-state index in [0.717, 1.165) is 21.6 Å². The molecular formula is C15H21NS. The Morgan fingerprint density at radius 3 is 1.53 bits per heavy atom. The van der Waals surface area contributed by atoms with Crippen LogP contribution in [0.4, 0.5) is 0 Å². The summed E-state index contributed by atoms with van der Waals surface area (Å²) in [7, 11) is 0. The SMILES string of the molecule is CC(C)(C)c1cc(S)cc(C(C)(C)C)c1C#N. The van der Waals surface area contributed by atoms with Crippen molar-refractivity contribution in [1.29, 1.82) is 5.26 Å². The van der Waals surface area contributed by atoms with E-state index in [1.165, 1.54) is 0 Å². The Balaban J connectivity index is 3.66. The monoisotopic (exact) mass is 247 g/mol. The van der Waals surface area contributed by atoms with E-state index in [0.29, 0.717) is 0 Å². The summed E-state index contributed by atoms with van der Waals surface area (Å²) >= 11 is 4.46. The molecule has 0 radical (unpaired) electrons. The van der Waals surface area contributed by atoms with Gasteiger partial charge in [0.05, 0.1) is 11.6 Å². The maximum atomic E-state index is 9.44. The summed E-state index contributed by atoms with van der Waals surface area (Å²) in [6.07, 6.45) is 0. The van der Waals surface area contributed by atoms with Gasteiger partial charge < -0.3 is 0 Å². The van der Waals surface area contributed by atoms with Gasteiger partial charge in [-0.05, 0) is 34.1 Å². The maximum absolute atomic E-state index is 9.44. The van der Waals surface area contributed by atoms with Gasteiger partial charge in [-0.25, -0.2) is 0 Å². The molecule has 0 fully saturated rings. The zero-order valence-corrected chi connectivity index (χ0v) is 12.4. The number of nitrogens with zero attached hydrogens (tertiary/aromatic N) is 1. The summed E-state index contributed by atoms with van der Waals surface area (Å²) in [5.41, 5.74) is 2.89. The molecule has 0 aromatic heterocycles. The van der Waals surface area contributed by atoms with Crippen molar-refractivity contribution in [2.45, 2.75) is 57.3 Å². The van der Waals surface area contributed by atoms with Crippen molar-refractivity contribution in [2.75, 3.05) is 0 Å². The van der Waals surface area contributed by atoms with E-state index >= 15 is 0 Å². The van der Waals surface area contributed by atoms with Crippen molar-refractivity contribution >= 4 is 12.6 Å². The zero-order valence-electron chi connectivity index (χ0n) is 11.5. The molecule has 0 aliphatic carbocycles. The first-order valence-electron chi connectivity index (χ1n) is 5.85. The fourth-order valence-corrected chi connectivity index (χ4v) is 2.19. The molecule has 0 N–H and O–H groups in total. The average molecular weight is 247 g/mol. The number of hydrogen-bond acceptors (Lipinski definition) is 2. The highest BCUT2D eigenvalue weighted by Crippen LogP contribution is 2.35. The fraction of sp³-hybridized carbons (Fsp3) is 0.533. The third kappa shape index (κ3) is 3.04. The molecule has 0 unspecified atom stereocenters. The summed E-state index contributed by atoms with van der Waals surface area (Å²) in [5.74, 6) is 0. The van der Waals surface area contributed by atoms with Crippen molar-refractivity contribution in [3.8, 4) is 6.07 Å². The summed E-state index contributed by atoms with van der Waals surface area (Å²) in [6, 6.07) is 6.39. The Bertz CT molecular complexity index is 432. The fourth-order valence-electron chi connectivity index (χ4n) is 1.93. The van der Waals surface area contributed by atoms with Gasteiger partial charge in [-0.15, -0.1) is 12.6 Å². The molecule has 0 atom stereocenters. The first-order chi connectivity index (χ1) is 7.57. The first-order valence-corrected chi connectivity index (χ1v) is 6.30. The zero-order chi connectivity index (χ0) is 13.4. The molecule has 1 aromatic rings. The lowest BCUT2D eigenvalue weighted by atomic mass is 9.77. The molecule has 92 valence electrons. The number of nitriles is 1. The number of rotatable bonds is 0. The van der Waals surface area contributed by atoms with E-state index in [-0.39, 0.29) is 10.8 Å². The predicted octanol–water partition coefficient (Wildman–Crippen LogP) is 4.44. The molecule has 1 rings (SSSR count). The van der Waals surface area contributed by atoms with Crippen LogP contribution in [0.3, 0.4) is 0 Å². The first kappa shape index (κ1) is 14.1. The van der Waals surface area contributed by atoms with Crippen LogP contribution >= 0.6 is 12.6 Å². The van der Waals surface area contributed by atoms with E-state index in [4.69, 9.17) is 0 Å². The molecule has 0 amide bonds. The van der Waals surface area contributed by atoms with Crippen LogP contribution < -0.4 is 0 Å². The summed E-state index contributed by atoms with van der Waals surface area (Å²) in [4.78, 5) is 0.929. The highest BCUT2D eigenvalue weighted by Gasteiger charge is 2.26. The quantitative estimate of drug-likeness (QED) is 0.673. The van der Waals surface area contributed by atoms with Gasteiger partial charge in [-0.1, -0.05) is 41.5 Å². The maximum Gasteiger partial charge on any atom is 0.0997 e. The normalized spacial score (nSPS) is 12.4. The Labute approximate surface area is 110 Å². The van der Waals surface area contributed by atoms with Gasteiger partial charge >= 0.3 is 0 Å². The molecule has 1 aromatic carbocycles. The number of thiol groups is 1. The standard InChI is InChI=1S/C15H21NS/c1-14(2,3)12-7-10(17)8-13(11(12)9-16)15(4,5)6/h7-8,17H,1-6H3. The minimum atomic E-state index is -0.0379. The van der Waals surface area contributed by atoms with Crippen molar-refractivity contribution in [3.63, 3.8) is 0 Å². The topological polar surface area (TPSA) is 23.8 Å². The third-order valence-electron chi connectivity index (χ3n) is 2.85. The van der Waals surface area contributed by atoms with Crippen LogP contribution in [-0.2, 0) is 10.8 Å². The van der Waals surface area contributed by atoms with Gasteiger partial charge in [-0.3, -0.25) is 0 Å². The van der Waals surface area contributed by atoms with Gasteiger partial charge in [0.15, 0.2) is 0 Å². The summed E-state index contributed by atoms with van der Waals surface area (Å²) < 4.78 is 0. The van der Waals surface area contributed by atoms with Crippen LogP contribution in [0.25, 0.3) is 0 Å². The Morgan fingerprint density at radius 2 is 1.29 bits per heavy atom. The van der Waals surface area contributed by atoms with Gasteiger partial charge in [-0.2, -0.15) is 5.26 Å². The Morgan fingerprint density at radius 1 is 0.941 bits per heavy atom. The molecule has 0 heterocycles. The minimum Gasteiger partial charge on any atom is -0.192 e. The molecule has 1 nitrogen and oxygen atoms in total. The number of benzene rings is 1. The summed E-state index contributed by atoms with van der Waals surface area (Å²) in [5, 5.41) is 9.44. The molecular weight excluding hydrogens is 226 g/mol. The Kier molecular flexibility index (Phi) is 3.64. The third-order valence-corrected chi connectivity index (χ3v) is 3.11. The van der Waals surface area contributed by atoms with Crippen molar-refractivity contribution in [2.24, 2.45) is 0 Å². The van der Waals surface area contributed by atoms with E-state index in [1.807, 2.05) is 12.1 Å². The molecule has 2 heteroatoms. The second kappa shape index (κ2) is 4.38. The second-order valence-electron chi connectivity index (χ2n) is 6.53. The highest BCUT2D eigenvalue weighted by molar-refractivity contribution is 7.80. The van der Waals surface area contributed by atoms with Crippen LogP contribution in [0.1, 0.15) is 58.2 Å². The van der Waals surface area contributed by atoms with E-state index in [2.05, 4.69) is 60.2 Å². The van der Waals surface area contributed by atoms with Crippen LogP contribution in [0, 0.1) is 11.3 Å². The van der Waals surface area contributed by atoms with E-state index < -0.39 is 0 Å². The second-order valence-corrected chi connectivity index (χ2v) is 7.04. The predicted molar refractivity (Wildman–Crippen MR) is 75.8 cm³/mol. The molecule has 17 heavy (non-hydrogen) atoms. The van der Waals surface area contributed by atoms with Gasteiger partial charge in [0.2, 0.25) is 0 Å². The van der Waals surface area contributed by atoms with Gasteiger partial charge in [0, 0.05) is 4.90 Å². The lowest BCUT2D eigenvalue weighted by Crippen LogP contribution is -2.20. The van der Waals surface area contributed by atoms with Crippen LogP contribution in [-0.4, -0.2) is 0 Å². The van der Waals surface area contributed by atoms with Crippen LogP contribution in [0.5, 0.6) is 0 Å². The van der Waals surface area contributed by atoms with E-state index in [9.17, 15) is 5.26 Å². The van der Waals surface area contributed by atoms with Gasteiger partial charge in [0.1, 0.15) is 0 Å². The lowest BCUT2D eigenvalue weighted by molar-refractivity contribution is 0.562. The van der Waals surface area contributed by atoms with Crippen molar-refractivity contribution in [3.05, 3.63) is 28.8 Å². The number of hydrogen-bond donors (Lipinski definition) is 1. The van der Waals surface area contributed by atoms with Crippen molar-refractivity contribution < 1.29 is 0 Å².